The SMILES string of the molecule is CC12CCCC(O)(C1)C1CC3(CC(CO)CC34CCCC4)C1CC2. The third-order valence-corrected chi connectivity index (χ3v) is 9.86. The quantitative estimate of drug-likeness (QED) is 0.732. The normalized spacial score (nSPS) is 55.4. The van der Waals surface area contributed by atoms with Crippen LogP contribution in [0.2, 0.25) is 0 Å². The second-order valence-corrected chi connectivity index (χ2v) is 11.0. The van der Waals surface area contributed by atoms with E-state index >= 15 is 0 Å². The van der Waals surface area contributed by atoms with Crippen LogP contribution in [0.25, 0.3) is 0 Å². The van der Waals surface area contributed by atoms with Gasteiger partial charge in [-0.1, -0.05) is 26.2 Å². The Bertz CT molecular complexity index is 524. The Morgan fingerprint density at radius 3 is 2.42 bits per heavy atom. The van der Waals surface area contributed by atoms with Gasteiger partial charge in [0.15, 0.2) is 0 Å². The summed E-state index contributed by atoms with van der Waals surface area (Å²) in [5.41, 5.74) is 1.03. The number of aliphatic hydroxyl groups excluding tert-OH is 1. The van der Waals surface area contributed by atoms with Gasteiger partial charge in [-0.15, -0.1) is 0 Å². The maximum absolute atomic E-state index is 11.6. The van der Waals surface area contributed by atoms with Crippen LogP contribution in [0.15, 0.2) is 0 Å². The third-order valence-electron chi connectivity index (χ3n) is 9.86. The molecule has 5 fully saturated rings. The van der Waals surface area contributed by atoms with Crippen LogP contribution in [0, 0.1) is 34.0 Å². The van der Waals surface area contributed by atoms with Gasteiger partial charge in [0.2, 0.25) is 0 Å². The number of hydrogen-bond donors (Lipinski definition) is 2. The van der Waals surface area contributed by atoms with Gasteiger partial charge < -0.3 is 10.2 Å². The average molecular weight is 333 g/mol. The lowest BCUT2D eigenvalue weighted by Gasteiger charge is -2.65. The second-order valence-electron chi connectivity index (χ2n) is 11.0. The molecule has 0 aromatic heterocycles. The summed E-state index contributed by atoms with van der Waals surface area (Å²) in [4.78, 5) is 0. The van der Waals surface area contributed by atoms with Gasteiger partial charge in [-0.25, -0.2) is 0 Å². The summed E-state index contributed by atoms with van der Waals surface area (Å²) in [6.07, 6.45) is 16.8. The van der Waals surface area contributed by atoms with Gasteiger partial charge in [0.05, 0.1) is 5.60 Å². The highest BCUT2D eigenvalue weighted by atomic mass is 16.3. The molecule has 0 heterocycles. The summed E-state index contributed by atoms with van der Waals surface area (Å²) in [5, 5.41) is 21.5. The molecule has 0 aromatic rings. The predicted octanol–water partition coefficient (Wildman–Crippen LogP) is 4.68. The van der Waals surface area contributed by atoms with Gasteiger partial charge >= 0.3 is 0 Å². The monoisotopic (exact) mass is 332 g/mol. The van der Waals surface area contributed by atoms with Gasteiger partial charge in [0, 0.05) is 6.61 Å². The first-order chi connectivity index (χ1) is 11.4. The smallest absolute Gasteiger partial charge is 0.0684 e. The summed E-state index contributed by atoms with van der Waals surface area (Å²) >= 11 is 0. The number of rotatable bonds is 1. The van der Waals surface area contributed by atoms with Crippen LogP contribution in [0.1, 0.15) is 90.4 Å². The van der Waals surface area contributed by atoms with Crippen LogP contribution < -0.4 is 0 Å². The number of fused-ring (bicyclic) bond motifs is 6. The molecule has 5 aliphatic rings. The Morgan fingerprint density at radius 1 is 0.875 bits per heavy atom. The average Bonchev–Trinajstić information content (AvgIpc) is 3.10. The Labute approximate surface area is 147 Å². The summed E-state index contributed by atoms with van der Waals surface area (Å²) in [5.74, 6) is 1.85. The zero-order valence-electron chi connectivity index (χ0n) is 15.5. The molecule has 0 saturated heterocycles. The predicted molar refractivity (Wildman–Crippen MR) is 95.5 cm³/mol. The van der Waals surface area contributed by atoms with E-state index < -0.39 is 0 Å². The first-order valence-corrected chi connectivity index (χ1v) is 10.8. The van der Waals surface area contributed by atoms with E-state index in [1.165, 1.54) is 70.6 Å². The number of aliphatic hydroxyl groups is 2. The van der Waals surface area contributed by atoms with E-state index in [9.17, 15) is 10.2 Å². The highest BCUT2D eigenvalue weighted by Crippen LogP contribution is 2.78. The Morgan fingerprint density at radius 2 is 1.67 bits per heavy atom. The molecule has 2 heteroatoms. The highest BCUT2D eigenvalue weighted by Gasteiger charge is 2.71. The minimum Gasteiger partial charge on any atom is -0.396 e. The van der Waals surface area contributed by atoms with Crippen LogP contribution in [0.5, 0.6) is 0 Å². The summed E-state index contributed by atoms with van der Waals surface area (Å²) in [7, 11) is 0. The summed E-state index contributed by atoms with van der Waals surface area (Å²) in [6.45, 7) is 2.84. The molecule has 2 nitrogen and oxygen atoms in total. The fourth-order valence-electron chi connectivity index (χ4n) is 9.01. The van der Waals surface area contributed by atoms with Gasteiger partial charge in [0.25, 0.3) is 0 Å². The topological polar surface area (TPSA) is 40.5 Å². The molecule has 2 bridgehead atoms. The third kappa shape index (κ3) is 1.91. The zero-order valence-corrected chi connectivity index (χ0v) is 15.5. The standard InChI is InChI=1S/C22H36O2/c1-19-6-4-9-22(24,15-19)18-13-21(17(18)5-10-19)12-16(14-23)11-20(21)7-2-3-8-20/h16-18,23-24H,2-15H2,1H3. The van der Waals surface area contributed by atoms with Crippen LogP contribution >= 0.6 is 0 Å². The van der Waals surface area contributed by atoms with Crippen LogP contribution in [-0.4, -0.2) is 22.4 Å². The number of hydrogen-bond acceptors (Lipinski definition) is 2. The fraction of sp³-hybridized carbons (Fsp3) is 1.00. The van der Waals surface area contributed by atoms with Gasteiger partial charge in [-0.3, -0.25) is 0 Å². The van der Waals surface area contributed by atoms with Crippen molar-refractivity contribution in [1.82, 2.24) is 0 Å². The van der Waals surface area contributed by atoms with Crippen molar-refractivity contribution in [3.63, 3.8) is 0 Å². The maximum Gasteiger partial charge on any atom is 0.0684 e. The fourth-order valence-corrected chi connectivity index (χ4v) is 9.01. The molecule has 6 unspecified atom stereocenters. The molecule has 5 rings (SSSR count). The zero-order chi connectivity index (χ0) is 16.6. The van der Waals surface area contributed by atoms with E-state index in [2.05, 4.69) is 6.92 Å². The maximum atomic E-state index is 11.6. The molecule has 2 spiro atoms. The molecule has 0 radical (unpaired) electrons. The largest absolute Gasteiger partial charge is 0.396 e. The summed E-state index contributed by atoms with van der Waals surface area (Å²) < 4.78 is 0. The molecule has 0 aromatic carbocycles. The van der Waals surface area contributed by atoms with Crippen LogP contribution in [0.4, 0.5) is 0 Å². The van der Waals surface area contributed by atoms with Crippen molar-refractivity contribution in [2.45, 2.75) is 96.0 Å². The lowest BCUT2D eigenvalue weighted by atomic mass is 9.41. The first kappa shape index (κ1) is 16.1. The summed E-state index contributed by atoms with van der Waals surface area (Å²) in [6, 6.07) is 0. The van der Waals surface area contributed by atoms with Crippen molar-refractivity contribution in [3.05, 3.63) is 0 Å². The van der Waals surface area contributed by atoms with Crippen molar-refractivity contribution < 1.29 is 10.2 Å². The van der Waals surface area contributed by atoms with Crippen molar-refractivity contribution in [1.29, 1.82) is 0 Å². The molecule has 5 aliphatic carbocycles. The van der Waals surface area contributed by atoms with Gasteiger partial charge in [-0.2, -0.15) is 0 Å². The molecular weight excluding hydrogens is 296 g/mol. The van der Waals surface area contributed by atoms with E-state index in [1.54, 1.807) is 0 Å². The second kappa shape index (κ2) is 5.00. The molecule has 6 atom stereocenters. The Kier molecular flexibility index (Phi) is 3.36. The van der Waals surface area contributed by atoms with Crippen molar-refractivity contribution in [2.24, 2.45) is 34.0 Å². The van der Waals surface area contributed by atoms with E-state index in [-0.39, 0.29) is 5.60 Å². The lowest BCUT2D eigenvalue weighted by molar-refractivity contribution is -0.205. The first-order valence-electron chi connectivity index (χ1n) is 10.8. The van der Waals surface area contributed by atoms with Crippen LogP contribution in [0.3, 0.4) is 0 Å². The Hall–Kier alpha value is -0.0800. The molecule has 0 amide bonds. The van der Waals surface area contributed by atoms with E-state index in [0.29, 0.717) is 34.7 Å². The van der Waals surface area contributed by atoms with E-state index in [4.69, 9.17) is 0 Å². The highest BCUT2D eigenvalue weighted by molar-refractivity contribution is 5.21. The molecule has 5 saturated carbocycles. The molecular formula is C22H36O2. The van der Waals surface area contributed by atoms with Crippen molar-refractivity contribution >= 4 is 0 Å². The molecule has 0 aliphatic heterocycles. The lowest BCUT2D eigenvalue weighted by Crippen LogP contribution is -2.61. The minimum atomic E-state index is -0.365. The van der Waals surface area contributed by atoms with Crippen molar-refractivity contribution in [2.75, 3.05) is 6.61 Å². The minimum absolute atomic E-state index is 0.365. The molecule has 136 valence electrons. The molecule has 24 heavy (non-hydrogen) atoms. The van der Waals surface area contributed by atoms with E-state index in [0.717, 1.165) is 18.8 Å². The van der Waals surface area contributed by atoms with E-state index in [1.807, 2.05) is 0 Å². The van der Waals surface area contributed by atoms with Gasteiger partial charge in [0.1, 0.15) is 0 Å². The van der Waals surface area contributed by atoms with Crippen LogP contribution in [-0.2, 0) is 0 Å². The van der Waals surface area contributed by atoms with Gasteiger partial charge in [-0.05, 0) is 98.2 Å². The van der Waals surface area contributed by atoms with Crippen molar-refractivity contribution in [3.8, 4) is 0 Å². The Balaban J connectivity index is 1.51. The molecule has 2 N–H and O–H groups in total.